The van der Waals surface area contributed by atoms with E-state index in [4.69, 9.17) is 14.0 Å². The molecule has 0 radical (unpaired) electrons. The van der Waals surface area contributed by atoms with E-state index in [9.17, 15) is 22.8 Å². The molecule has 448 valence electrons. The second-order valence-corrected chi connectivity index (χ2v) is 26.1. The fourth-order valence-electron chi connectivity index (χ4n) is 13.9. The van der Waals surface area contributed by atoms with Gasteiger partial charge in [0.15, 0.2) is 0 Å². The van der Waals surface area contributed by atoms with E-state index in [0.29, 0.717) is 38.1 Å². The zero-order chi connectivity index (χ0) is 55.7. The highest BCUT2D eigenvalue weighted by atomic mass is 127. The highest BCUT2D eigenvalue weighted by Crippen LogP contribution is 2.64. The number of alkyl carbamates (subject to hydrolysis) is 2. The molecular formula is C60H102IN9O8S. The van der Waals surface area contributed by atoms with E-state index >= 15 is 0 Å². The molecule has 0 unspecified atom stereocenters. The van der Waals surface area contributed by atoms with Crippen molar-refractivity contribution in [1.29, 1.82) is 0 Å². The first kappa shape index (κ1) is 65.2. The number of carbonyl (C=O) groups is 3. The topological polar surface area (TPSA) is 180 Å². The van der Waals surface area contributed by atoms with Crippen LogP contribution in [0.15, 0.2) is 60.7 Å². The summed E-state index contributed by atoms with van der Waals surface area (Å²) in [6.07, 6.45) is 16.0. The first-order valence-corrected chi connectivity index (χ1v) is 31.4. The van der Waals surface area contributed by atoms with Crippen LogP contribution in [0.1, 0.15) is 123 Å². The maximum absolute atomic E-state index is 12.1. The molecule has 2 bridgehead atoms. The number of carbonyl (C=O) groups excluding carboxylic acids is 3. The molecule has 19 heteroatoms. The van der Waals surface area contributed by atoms with Crippen molar-refractivity contribution in [3.8, 4) is 0 Å². The van der Waals surface area contributed by atoms with Crippen LogP contribution < -0.4 is 16.0 Å². The number of amides is 2. The summed E-state index contributed by atoms with van der Waals surface area (Å²) in [6, 6.07) is 22.9. The number of likely N-dealkylation sites (N-methyl/N-ethyl adjacent to an activating group) is 3. The van der Waals surface area contributed by atoms with E-state index in [1.165, 1.54) is 77.5 Å². The Morgan fingerprint density at radius 2 is 0.962 bits per heavy atom. The van der Waals surface area contributed by atoms with Gasteiger partial charge in [-0.05, 0) is 134 Å². The monoisotopic (exact) mass is 1240 g/mol. The van der Waals surface area contributed by atoms with Crippen molar-refractivity contribution in [2.24, 2.45) is 16.7 Å². The fourth-order valence-corrected chi connectivity index (χ4v) is 15.2. The third-order valence-electron chi connectivity index (χ3n) is 19.1. The van der Waals surface area contributed by atoms with Gasteiger partial charge >= 0.3 is 12.2 Å². The molecule has 3 saturated heterocycles. The molecule has 2 amide bonds. The first-order chi connectivity index (χ1) is 37.4. The lowest BCUT2D eigenvalue weighted by Gasteiger charge is -2.41. The Labute approximate surface area is 493 Å². The van der Waals surface area contributed by atoms with Gasteiger partial charge in [-0.3, -0.25) is 24.0 Å². The fraction of sp³-hybridized carbons (Fsp3) is 0.750. The van der Waals surface area contributed by atoms with Gasteiger partial charge < -0.3 is 40.1 Å². The molecule has 0 spiro atoms. The molecule has 17 nitrogen and oxygen atoms in total. The molecule has 8 atom stereocenters. The number of piperazine rings is 3. The number of nitrogens with zero attached hydrogens (tertiary/aromatic N) is 6. The summed E-state index contributed by atoms with van der Waals surface area (Å²) in [4.78, 5) is 51.1. The van der Waals surface area contributed by atoms with Crippen LogP contribution in [0.2, 0.25) is 0 Å². The van der Waals surface area contributed by atoms with Gasteiger partial charge in [-0.25, -0.2) is 9.59 Å². The van der Waals surface area contributed by atoms with Crippen LogP contribution >= 0.6 is 24.0 Å². The van der Waals surface area contributed by atoms with Crippen LogP contribution in [0.5, 0.6) is 0 Å². The number of ketones is 1. The van der Waals surface area contributed by atoms with Crippen molar-refractivity contribution in [1.82, 2.24) is 45.3 Å². The average Bonchev–Trinajstić information content (AvgIpc) is 4.04. The summed E-state index contributed by atoms with van der Waals surface area (Å²) < 4.78 is 41.7. The van der Waals surface area contributed by atoms with Crippen LogP contribution in [0, 0.1) is 16.7 Å². The van der Waals surface area contributed by atoms with Gasteiger partial charge in [-0.15, -0.1) is 24.0 Å². The predicted molar refractivity (Wildman–Crippen MR) is 326 cm³/mol. The Morgan fingerprint density at radius 3 is 1.29 bits per heavy atom. The molecule has 8 fully saturated rings. The highest BCUT2D eigenvalue weighted by Gasteiger charge is 2.65. The highest BCUT2D eigenvalue weighted by molar-refractivity contribution is 14.0. The number of hydrogen-bond acceptors (Lipinski definition) is 14. The van der Waals surface area contributed by atoms with Gasteiger partial charge in [0.1, 0.15) is 19.0 Å². The largest absolute Gasteiger partial charge is 0.445 e. The van der Waals surface area contributed by atoms with Crippen molar-refractivity contribution in [2.45, 2.75) is 160 Å². The number of halogens is 1. The number of nitrogens with one attached hydrogen (secondary N) is 3. The summed E-state index contributed by atoms with van der Waals surface area (Å²) in [6.45, 7) is 18.8. The van der Waals surface area contributed by atoms with Crippen LogP contribution in [-0.2, 0) is 37.6 Å². The maximum atomic E-state index is 12.1. The molecule has 2 aromatic rings. The minimum atomic E-state index is -4.08. The lowest BCUT2D eigenvalue weighted by atomic mass is 9.70. The third-order valence-corrected chi connectivity index (χ3v) is 20.0. The molecule has 2 aromatic carbocycles. The normalized spacial score (nSPS) is 29.9. The predicted octanol–water partition coefficient (Wildman–Crippen LogP) is 7.84. The van der Waals surface area contributed by atoms with Crippen LogP contribution in [0.25, 0.3) is 0 Å². The van der Waals surface area contributed by atoms with Crippen molar-refractivity contribution >= 4 is 52.1 Å². The molecule has 3 aliphatic heterocycles. The SMILES string of the molecule is CC1(C)[C@@H]2CC[C@@]1(CS(=O)(=O)O)C(=O)C2.CN1CCN([C@@H]2CCC[C@H](NC(=O)OCc3ccccc3)C2)CC1.CN1CCN([C@@H]2CCC[C@H](NC(=O)OCc3ccccc3)C2)CC1.CN[C@H]1CCC[C@@H](N2CCN(C)CC2)C1.I.[HH]. The lowest BCUT2D eigenvalue weighted by molar-refractivity contribution is -0.128. The van der Waals surface area contributed by atoms with E-state index in [1.807, 2.05) is 74.5 Å². The smallest absolute Gasteiger partial charge is 0.407 e. The Hall–Kier alpha value is -2.99. The van der Waals surface area contributed by atoms with Crippen molar-refractivity contribution < 1.29 is 38.3 Å². The second kappa shape index (κ2) is 31.6. The van der Waals surface area contributed by atoms with Gasteiger partial charge in [0.2, 0.25) is 0 Å². The molecule has 3 heterocycles. The van der Waals surface area contributed by atoms with Gasteiger partial charge in [0.05, 0.1) is 11.2 Å². The van der Waals surface area contributed by atoms with E-state index in [1.54, 1.807) is 0 Å². The van der Waals surface area contributed by atoms with Crippen molar-refractivity contribution in [3.05, 3.63) is 71.8 Å². The third kappa shape index (κ3) is 19.8. The molecule has 8 aliphatic rings. The summed E-state index contributed by atoms with van der Waals surface area (Å²) >= 11 is 0. The van der Waals surface area contributed by atoms with Crippen molar-refractivity contribution in [2.75, 3.05) is 112 Å². The Balaban J connectivity index is 0.000000199. The minimum absolute atomic E-state index is 0. The van der Waals surface area contributed by atoms with Gasteiger partial charge in [-0.1, -0.05) is 80.9 Å². The molecule has 79 heavy (non-hydrogen) atoms. The van der Waals surface area contributed by atoms with E-state index in [2.05, 4.69) is 73.5 Å². The summed E-state index contributed by atoms with van der Waals surface area (Å²) in [5.41, 5.74) is 0.920. The van der Waals surface area contributed by atoms with E-state index < -0.39 is 21.3 Å². The lowest BCUT2D eigenvalue weighted by Crippen LogP contribution is -2.52. The van der Waals surface area contributed by atoms with Gasteiger partial charge in [0.25, 0.3) is 10.1 Å². The molecule has 0 aromatic heterocycles. The number of Topliss-reactive ketones (excluding diaryl/α,β-unsaturated/α-hetero) is 1. The zero-order valence-electron chi connectivity index (χ0n) is 48.8. The standard InChI is InChI=1S/2C19H29N3O2.C12H25N3.C10H16O4S.HI.H2/c2*1-21-10-12-22(13-11-21)18-9-5-8-17(14-18)20-19(23)24-15-16-6-3-2-4-7-16;1-13-11-4-3-5-12(10-11)15-8-6-14(2)7-9-15;1-9(2)7-3-4-10(9,8(11)5-7)6-15(12,13)14;;/h2*2-4,6-7,17-18H,5,8-15H2,1H3,(H,20,23);11-13H,3-10H2,1-2H3;7H,3-6H2,1-2H3,(H,12,13,14);2*1H/t2*17-,18+;11-,12+;7-,10-;;/m0001../s1. The van der Waals surface area contributed by atoms with Gasteiger partial charge in [-0.2, -0.15) is 8.42 Å². The molecule has 5 aliphatic carbocycles. The van der Waals surface area contributed by atoms with Crippen LogP contribution in [-0.4, -0.2) is 209 Å². The maximum Gasteiger partial charge on any atom is 0.407 e. The number of benzene rings is 2. The molecule has 4 N–H and O–H groups in total. The van der Waals surface area contributed by atoms with E-state index in [-0.39, 0.29) is 66.8 Å². The molecular weight excluding hydrogens is 1130 g/mol. The molecule has 10 rings (SSSR count). The van der Waals surface area contributed by atoms with E-state index in [0.717, 1.165) is 108 Å². The van der Waals surface area contributed by atoms with Gasteiger partial charge in [0, 0.05) is 123 Å². The number of hydrogen-bond donors (Lipinski definition) is 4. The minimum Gasteiger partial charge on any atom is -0.445 e. The Bertz CT molecular complexity index is 2160. The second-order valence-electron chi connectivity index (χ2n) is 24.7. The molecule has 5 saturated carbocycles. The van der Waals surface area contributed by atoms with Crippen LogP contribution in [0.4, 0.5) is 9.59 Å². The first-order valence-electron chi connectivity index (χ1n) is 29.8. The zero-order valence-corrected chi connectivity index (χ0v) is 52.0. The number of rotatable bonds is 12. The summed E-state index contributed by atoms with van der Waals surface area (Å²) in [5, 5.41) is 9.58. The Morgan fingerprint density at radius 1 is 0.595 bits per heavy atom. The summed E-state index contributed by atoms with van der Waals surface area (Å²) in [7, 11) is 4.63. The average molecular weight is 1240 g/mol. The number of fused-ring (bicyclic) bond motifs is 2. The Kier molecular flexibility index (Phi) is 26.1. The number of ether oxygens (including phenoxy) is 2. The summed E-state index contributed by atoms with van der Waals surface area (Å²) in [5.74, 6) is -0.101. The quantitative estimate of drug-likeness (QED) is 0.119. The van der Waals surface area contributed by atoms with Crippen molar-refractivity contribution in [3.63, 3.8) is 0 Å². The van der Waals surface area contributed by atoms with Crippen LogP contribution in [0.3, 0.4) is 0 Å².